The normalized spacial score (nSPS) is 12.7. The molecular formula is C19H21N5O4S. The van der Waals surface area contributed by atoms with Crippen LogP contribution in [0.4, 0.5) is 0 Å². The molecule has 2 N–H and O–H groups in total. The molecule has 1 amide bonds. The lowest BCUT2D eigenvalue weighted by Gasteiger charge is -2.23. The minimum absolute atomic E-state index is 0.0186. The number of benzene rings is 1. The van der Waals surface area contributed by atoms with Gasteiger partial charge >= 0.3 is 0 Å². The second-order valence-corrected chi connectivity index (χ2v) is 7.27. The van der Waals surface area contributed by atoms with E-state index in [1.54, 1.807) is 17.0 Å². The molecule has 1 aliphatic heterocycles. The number of thioether (sulfide) groups is 1. The first-order valence-electron chi connectivity index (χ1n) is 9.19. The van der Waals surface area contributed by atoms with Crippen LogP contribution in [0.5, 0.6) is 11.5 Å². The lowest BCUT2D eigenvalue weighted by atomic mass is 10.2. The Balaban J connectivity index is 1.38. The van der Waals surface area contributed by atoms with Gasteiger partial charge < -0.3 is 24.6 Å². The zero-order valence-electron chi connectivity index (χ0n) is 15.9. The molecule has 3 heterocycles. The third kappa shape index (κ3) is 4.16. The van der Waals surface area contributed by atoms with Gasteiger partial charge in [0.15, 0.2) is 17.3 Å². The number of hydrogen-bond donors (Lipinski definition) is 1. The molecule has 10 heteroatoms. The zero-order valence-corrected chi connectivity index (χ0v) is 16.7. The third-order valence-electron chi connectivity index (χ3n) is 4.45. The summed E-state index contributed by atoms with van der Waals surface area (Å²) in [7, 11) is 0. The molecule has 4 rings (SSSR count). The molecule has 2 aromatic heterocycles. The van der Waals surface area contributed by atoms with Crippen LogP contribution in [-0.2, 0) is 11.3 Å². The van der Waals surface area contributed by atoms with E-state index in [0.29, 0.717) is 48.8 Å². The summed E-state index contributed by atoms with van der Waals surface area (Å²) in [5, 5.41) is 8.53. The standard InChI is InChI=1S/C19H21N5O4S/c1-2-23(11-13-5-6-14-16(10-13)28-9-8-27-14)17(25)12-29-19-22-21-18(24(19)20)15-4-3-7-26-15/h3-7,10H,2,8-9,11-12,20H2,1H3. The number of hydrogen-bond acceptors (Lipinski definition) is 8. The highest BCUT2D eigenvalue weighted by Gasteiger charge is 2.19. The van der Waals surface area contributed by atoms with Gasteiger partial charge in [0, 0.05) is 13.1 Å². The molecule has 29 heavy (non-hydrogen) atoms. The van der Waals surface area contributed by atoms with Gasteiger partial charge in [0.2, 0.25) is 16.9 Å². The third-order valence-corrected chi connectivity index (χ3v) is 5.37. The SMILES string of the molecule is CCN(Cc1ccc2c(c1)OCCO2)C(=O)CSc1nnc(-c2ccco2)n1N. The number of amides is 1. The molecule has 0 spiro atoms. The second-order valence-electron chi connectivity index (χ2n) is 6.33. The van der Waals surface area contributed by atoms with Crippen LogP contribution in [0.25, 0.3) is 11.6 Å². The lowest BCUT2D eigenvalue weighted by Crippen LogP contribution is -2.32. The topological polar surface area (TPSA) is 109 Å². The molecule has 0 saturated heterocycles. The fraction of sp³-hybridized carbons (Fsp3) is 0.316. The molecule has 0 fully saturated rings. The van der Waals surface area contributed by atoms with Gasteiger partial charge in [0.1, 0.15) is 13.2 Å². The summed E-state index contributed by atoms with van der Waals surface area (Å²) in [6.45, 7) is 4.10. The number of nitrogen functional groups attached to an aromatic ring is 1. The molecule has 0 aliphatic carbocycles. The minimum Gasteiger partial charge on any atom is -0.486 e. The minimum atomic E-state index is -0.0186. The Morgan fingerprint density at radius 2 is 2.07 bits per heavy atom. The summed E-state index contributed by atoms with van der Waals surface area (Å²) >= 11 is 1.24. The van der Waals surface area contributed by atoms with E-state index in [2.05, 4.69) is 10.2 Å². The predicted molar refractivity (Wildman–Crippen MR) is 107 cm³/mol. The molecule has 3 aromatic rings. The fourth-order valence-electron chi connectivity index (χ4n) is 2.95. The lowest BCUT2D eigenvalue weighted by molar-refractivity contribution is -0.128. The van der Waals surface area contributed by atoms with Crippen molar-refractivity contribution in [2.75, 3.05) is 31.4 Å². The molecule has 0 radical (unpaired) electrons. The quantitative estimate of drug-likeness (QED) is 0.462. The number of carbonyl (C=O) groups excluding carboxylic acids is 1. The van der Waals surface area contributed by atoms with E-state index in [-0.39, 0.29) is 11.7 Å². The van der Waals surface area contributed by atoms with Gasteiger partial charge in [-0.2, -0.15) is 0 Å². The number of ether oxygens (including phenoxy) is 2. The van der Waals surface area contributed by atoms with Gasteiger partial charge in [-0.15, -0.1) is 10.2 Å². The van der Waals surface area contributed by atoms with E-state index in [1.807, 2.05) is 25.1 Å². The van der Waals surface area contributed by atoms with Crippen molar-refractivity contribution in [1.82, 2.24) is 19.8 Å². The van der Waals surface area contributed by atoms with Crippen LogP contribution in [0.3, 0.4) is 0 Å². The maximum absolute atomic E-state index is 12.7. The number of nitrogens with two attached hydrogens (primary N) is 1. The van der Waals surface area contributed by atoms with E-state index in [4.69, 9.17) is 19.7 Å². The highest BCUT2D eigenvalue weighted by molar-refractivity contribution is 7.99. The van der Waals surface area contributed by atoms with Gasteiger partial charge in [0.25, 0.3) is 0 Å². The molecule has 0 bridgehead atoms. The first kappa shape index (κ1) is 19.2. The molecule has 1 aliphatic rings. The Hall–Kier alpha value is -3.14. The predicted octanol–water partition coefficient (Wildman–Crippen LogP) is 2.16. The number of fused-ring (bicyclic) bond motifs is 1. The van der Waals surface area contributed by atoms with Crippen LogP contribution in [0, 0.1) is 0 Å². The van der Waals surface area contributed by atoms with Crippen molar-refractivity contribution in [1.29, 1.82) is 0 Å². The summed E-state index contributed by atoms with van der Waals surface area (Å²) in [4.78, 5) is 14.5. The highest BCUT2D eigenvalue weighted by atomic mass is 32.2. The van der Waals surface area contributed by atoms with Gasteiger partial charge in [-0.05, 0) is 36.8 Å². The summed E-state index contributed by atoms with van der Waals surface area (Å²) in [5.74, 6) is 8.60. The largest absolute Gasteiger partial charge is 0.486 e. The highest BCUT2D eigenvalue weighted by Crippen LogP contribution is 2.31. The van der Waals surface area contributed by atoms with Crippen LogP contribution in [0.2, 0.25) is 0 Å². The molecule has 0 atom stereocenters. The number of furan rings is 1. The van der Waals surface area contributed by atoms with Crippen LogP contribution >= 0.6 is 11.8 Å². The summed E-state index contributed by atoms with van der Waals surface area (Å²) in [6.07, 6.45) is 1.54. The van der Waals surface area contributed by atoms with Crippen molar-refractivity contribution in [3.8, 4) is 23.1 Å². The van der Waals surface area contributed by atoms with Crippen LogP contribution < -0.4 is 15.3 Å². The molecule has 9 nitrogen and oxygen atoms in total. The van der Waals surface area contributed by atoms with Crippen molar-refractivity contribution in [2.24, 2.45) is 0 Å². The maximum Gasteiger partial charge on any atom is 0.233 e. The first-order chi connectivity index (χ1) is 14.2. The second kappa shape index (κ2) is 8.48. The monoisotopic (exact) mass is 415 g/mol. The van der Waals surface area contributed by atoms with Gasteiger partial charge in [0.05, 0.1) is 12.0 Å². The summed E-state index contributed by atoms with van der Waals surface area (Å²) in [6, 6.07) is 9.24. The average molecular weight is 415 g/mol. The van der Waals surface area contributed by atoms with Crippen molar-refractivity contribution < 1.29 is 18.7 Å². The van der Waals surface area contributed by atoms with Gasteiger partial charge in [-0.3, -0.25) is 4.79 Å². The van der Waals surface area contributed by atoms with Crippen LogP contribution in [0.1, 0.15) is 12.5 Å². The summed E-state index contributed by atoms with van der Waals surface area (Å²) in [5.41, 5.74) is 0.983. The number of nitrogens with zero attached hydrogens (tertiary/aromatic N) is 4. The van der Waals surface area contributed by atoms with E-state index < -0.39 is 0 Å². The smallest absolute Gasteiger partial charge is 0.233 e. The zero-order chi connectivity index (χ0) is 20.2. The van der Waals surface area contributed by atoms with E-state index in [0.717, 1.165) is 11.3 Å². The molecule has 0 unspecified atom stereocenters. The summed E-state index contributed by atoms with van der Waals surface area (Å²) < 4.78 is 17.8. The van der Waals surface area contributed by atoms with Crippen LogP contribution in [0.15, 0.2) is 46.2 Å². The Morgan fingerprint density at radius 3 is 2.83 bits per heavy atom. The van der Waals surface area contributed by atoms with E-state index in [9.17, 15) is 4.79 Å². The van der Waals surface area contributed by atoms with E-state index >= 15 is 0 Å². The Labute approximate surface area is 171 Å². The molecular weight excluding hydrogens is 394 g/mol. The Kier molecular flexibility index (Phi) is 5.61. The van der Waals surface area contributed by atoms with Crippen molar-refractivity contribution >= 4 is 17.7 Å². The van der Waals surface area contributed by atoms with Gasteiger partial charge in [-0.1, -0.05) is 17.8 Å². The van der Waals surface area contributed by atoms with Gasteiger partial charge in [-0.25, -0.2) is 4.68 Å². The number of rotatable bonds is 7. The first-order valence-corrected chi connectivity index (χ1v) is 10.2. The van der Waals surface area contributed by atoms with Crippen molar-refractivity contribution in [3.05, 3.63) is 42.2 Å². The number of carbonyl (C=O) groups is 1. The fourth-order valence-corrected chi connectivity index (χ4v) is 3.71. The van der Waals surface area contributed by atoms with Crippen molar-refractivity contribution in [3.63, 3.8) is 0 Å². The maximum atomic E-state index is 12.7. The Morgan fingerprint density at radius 1 is 1.24 bits per heavy atom. The molecule has 0 saturated carbocycles. The van der Waals surface area contributed by atoms with Crippen LogP contribution in [-0.4, -0.2) is 51.2 Å². The molecule has 152 valence electrons. The van der Waals surface area contributed by atoms with E-state index in [1.165, 1.54) is 22.7 Å². The Bertz CT molecular complexity index is 989. The number of aromatic nitrogens is 3. The molecule has 1 aromatic carbocycles. The average Bonchev–Trinajstić information content (AvgIpc) is 3.40. The van der Waals surface area contributed by atoms with Crippen molar-refractivity contribution in [2.45, 2.75) is 18.6 Å².